The Hall–Kier alpha value is -2.47. The number of fused-ring (bicyclic) bond motifs is 1. The molecule has 4 N–H and O–H groups in total. The van der Waals surface area contributed by atoms with Gasteiger partial charge in [0.05, 0.1) is 18.8 Å². The predicted octanol–water partition coefficient (Wildman–Crippen LogP) is 2.02. The second-order valence-corrected chi connectivity index (χ2v) is 6.24. The first-order chi connectivity index (χ1) is 12.1. The van der Waals surface area contributed by atoms with E-state index in [4.69, 9.17) is 0 Å². The first-order valence-corrected chi connectivity index (χ1v) is 8.28. The van der Waals surface area contributed by atoms with Crippen LogP contribution in [0.15, 0.2) is 59.4 Å². The van der Waals surface area contributed by atoms with Gasteiger partial charge in [-0.25, -0.2) is 0 Å². The van der Waals surface area contributed by atoms with Crippen LogP contribution in [-0.4, -0.2) is 27.8 Å². The molecule has 0 fully saturated rings. The number of aliphatic hydroxyl groups excluding tert-OH is 2. The first-order valence-electron chi connectivity index (χ1n) is 8.28. The van der Waals surface area contributed by atoms with Crippen LogP contribution >= 0.6 is 0 Å². The molecular formula is C20H22N2O3. The fourth-order valence-corrected chi connectivity index (χ4v) is 2.90. The van der Waals surface area contributed by atoms with Crippen LogP contribution in [0.2, 0.25) is 0 Å². The number of aliphatic hydroxyl groups is 2. The molecule has 0 aliphatic rings. The Morgan fingerprint density at radius 2 is 1.88 bits per heavy atom. The van der Waals surface area contributed by atoms with Gasteiger partial charge in [-0.15, -0.1) is 0 Å². The maximum atomic E-state index is 12.2. The van der Waals surface area contributed by atoms with E-state index in [1.165, 1.54) is 0 Å². The molecule has 2 aromatic carbocycles. The van der Waals surface area contributed by atoms with Crippen LogP contribution in [0, 0.1) is 6.92 Å². The van der Waals surface area contributed by atoms with Crippen molar-refractivity contribution >= 4 is 10.9 Å². The van der Waals surface area contributed by atoms with E-state index >= 15 is 0 Å². The van der Waals surface area contributed by atoms with Crippen LogP contribution < -0.4 is 10.9 Å². The van der Waals surface area contributed by atoms with Gasteiger partial charge < -0.3 is 20.5 Å². The Labute approximate surface area is 146 Å². The molecule has 1 heterocycles. The van der Waals surface area contributed by atoms with Crippen molar-refractivity contribution in [3.8, 4) is 0 Å². The van der Waals surface area contributed by atoms with Gasteiger partial charge in [-0.2, -0.15) is 0 Å². The number of nitrogens with one attached hydrogen (secondary N) is 2. The smallest absolute Gasteiger partial charge is 0.252 e. The van der Waals surface area contributed by atoms with E-state index < -0.39 is 12.1 Å². The summed E-state index contributed by atoms with van der Waals surface area (Å²) in [5, 5.41) is 24.1. The molecule has 1 aromatic heterocycles. The van der Waals surface area contributed by atoms with Crippen LogP contribution in [0.25, 0.3) is 10.9 Å². The maximum Gasteiger partial charge on any atom is 0.252 e. The largest absolute Gasteiger partial charge is 0.395 e. The lowest BCUT2D eigenvalue weighted by Crippen LogP contribution is -2.38. The minimum Gasteiger partial charge on any atom is -0.395 e. The number of aryl methyl sites for hydroxylation is 1. The summed E-state index contributed by atoms with van der Waals surface area (Å²) in [4.78, 5) is 15.1. The quantitative estimate of drug-likeness (QED) is 0.554. The van der Waals surface area contributed by atoms with Gasteiger partial charge in [0, 0.05) is 17.6 Å². The van der Waals surface area contributed by atoms with Crippen molar-refractivity contribution in [3.63, 3.8) is 0 Å². The van der Waals surface area contributed by atoms with Gasteiger partial charge in [0.1, 0.15) is 0 Å². The van der Waals surface area contributed by atoms with Gasteiger partial charge in [-0.05, 0) is 36.1 Å². The summed E-state index contributed by atoms with van der Waals surface area (Å²) in [6.45, 7) is 2.02. The number of H-pyrrole nitrogens is 1. The molecule has 0 saturated carbocycles. The van der Waals surface area contributed by atoms with E-state index in [2.05, 4.69) is 10.3 Å². The Morgan fingerprint density at radius 3 is 2.60 bits per heavy atom. The summed E-state index contributed by atoms with van der Waals surface area (Å²) in [5.41, 5.74) is 3.03. The Bertz CT molecular complexity index is 906. The highest BCUT2D eigenvalue weighted by Gasteiger charge is 2.20. The van der Waals surface area contributed by atoms with Gasteiger partial charge in [0.2, 0.25) is 0 Å². The average molecular weight is 338 g/mol. The molecular weight excluding hydrogens is 316 g/mol. The molecule has 5 heteroatoms. The zero-order valence-corrected chi connectivity index (χ0v) is 14.1. The summed E-state index contributed by atoms with van der Waals surface area (Å²) in [6.07, 6.45) is -0.854. The first kappa shape index (κ1) is 17.4. The van der Waals surface area contributed by atoms with Crippen molar-refractivity contribution < 1.29 is 10.2 Å². The van der Waals surface area contributed by atoms with E-state index in [1.807, 2.05) is 49.4 Å². The molecule has 0 bridgehead atoms. The molecule has 3 rings (SSSR count). The van der Waals surface area contributed by atoms with Crippen LogP contribution in [-0.2, 0) is 6.54 Å². The van der Waals surface area contributed by atoms with Gasteiger partial charge >= 0.3 is 0 Å². The number of aromatic nitrogens is 1. The number of hydrogen-bond acceptors (Lipinski definition) is 4. The number of pyridine rings is 1. The van der Waals surface area contributed by atoms with Crippen molar-refractivity contribution in [2.45, 2.75) is 25.6 Å². The topological polar surface area (TPSA) is 85.4 Å². The standard InChI is InChI=1S/C20H22N2O3/c1-13-7-8-17-15(9-13)10-16(20(25)22-17)11-21-18(12-23)19(24)14-5-3-2-4-6-14/h2-10,18-19,21,23-24H,11-12H2,1H3,(H,22,25)/t18-,19-/m0/s1. The molecule has 0 saturated heterocycles. The lowest BCUT2D eigenvalue weighted by molar-refractivity contribution is 0.0891. The van der Waals surface area contributed by atoms with Crippen molar-refractivity contribution in [2.75, 3.05) is 6.61 Å². The summed E-state index contributed by atoms with van der Waals surface area (Å²) in [7, 11) is 0. The predicted molar refractivity (Wildman–Crippen MR) is 98.4 cm³/mol. The molecule has 0 spiro atoms. The average Bonchev–Trinajstić information content (AvgIpc) is 2.63. The number of benzene rings is 2. The van der Waals surface area contributed by atoms with E-state index in [0.29, 0.717) is 5.56 Å². The number of aromatic amines is 1. The maximum absolute atomic E-state index is 12.2. The number of rotatable bonds is 6. The molecule has 130 valence electrons. The molecule has 3 aromatic rings. The van der Waals surface area contributed by atoms with Gasteiger partial charge in [0.25, 0.3) is 5.56 Å². The van der Waals surface area contributed by atoms with Gasteiger partial charge in [-0.1, -0.05) is 42.0 Å². The second-order valence-electron chi connectivity index (χ2n) is 6.24. The summed E-state index contributed by atoms with van der Waals surface area (Å²) in [5.74, 6) is 0. The molecule has 0 amide bonds. The highest BCUT2D eigenvalue weighted by molar-refractivity contribution is 5.79. The Morgan fingerprint density at radius 1 is 1.12 bits per heavy atom. The summed E-state index contributed by atoms with van der Waals surface area (Å²) < 4.78 is 0. The summed E-state index contributed by atoms with van der Waals surface area (Å²) in [6, 6.07) is 16.3. The molecule has 2 atom stereocenters. The minimum atomic E-state index is -0.854. The molecule has 25 heavy (non-hydrogen) atoms. The lowest BCUT2D eigenvalue weighted by Gasteiger charge is -2.22. The van der Waals surface area contributed by atoms with Crippen LogP contribution in [0.3, 0.4) is 0 Å². The molecule has 0 aliphatic carbocycles. The third-order valence-corrected chi connectivity index (χ3v) is 4.35. The van der Waals surface area contributed by atoms with E-state index in [1.54, 1.807) is 12.1 Å². The zero-order chi connectivity index (χ0) is 17.8. The molecule has 0 aliphatic heterocycles. The lowest BCUT2D eigenvalue weighted by atomic mass is 10.0. The second kappa shape index (κ2) is 7.61. The SMILES string of the molecule is Cc1ccc2[nH]c(=O)c(CN[C@@H](CO)[C@@H](O)c3ccccc3)cc2c1. The van der Waals surface area contributed by atoms with Crippen molar-refractivity contribution in [2.24, 2.45) is 0 Å². The zero-order valence-electron chi connectivity index (χ0n) is 14.1. The highest BCUT2D eigenvalue weighted by atomic mass is 16.3. The van der Waals surface area contributed by atoms with Crippen LogP contribution in [0.4, 0.5) is 0 Å². The molecule has 5 nitrogen and oxygen atoms in total. The molecule has 0 radical (unpaired) electrons. The Balaban J connectivity index is 1.78. The normalized spacial score (nSPS) is 13.7. The molecule has 0 unspecified atom stereocenters. The fourth-order valence-electron chi connectivity index (χ4n) is 2.90. The van der Waals surface area contributed by atoms with Gasteiger partial charge in [-0.3, -0.25) is 4.79 Å². The highest BCUT2D eigenvalue weighted by Crippen LogP contribution is 2.17. The van der Waals surface area contributed by atoms with E-state index in [0.717, 1.165) is 22.0 Å². The van der Waals surface area contributed by atoms with Gasteiger partial charge in [0.15, 0.2) is 0 Å². The third kappa shape index (κ3) is 3.96. The van der Waals surface area contributed by atoms with Crippen LogP contribution in [0.1, 0.15) is 22.8 Å². The Kier molecular flexibility index (Phi) is 5.28. The number of hydrogen-bond donors (Lipinski definition) is 4. The van der Waals surface area contributed by atoms with Crippen molar-refractivity contribution in [3.05, 3.63) is 81.6 Å². The van der Waals surface area contributed by atoms with Crippen molar-refractivity contribution in [1.29, 1.82) is 0 Å². The monoisotopic (exact) mass is 338 g/mol. The fraction of sp³-hybridized carbons (Fsp3) is 0.250. The van der Waals surface area contributed by atoms with Crippen molar-refractivity contribution in [1.82, 2.24) is 10.3 Å². The van der Waals surface area contributed by atoms with E-state index in [-0.39, 0.29) is 18.7 Å². The van der Waals surface area contributed by atoms with Crippen LogP contribution in [0.5, 0.6) is 0 Å². The summed E-state index contributed by atoms with van der Waals surface area (Å²) >= 11 is 0. The van der Waals surface area contributed by atoms with E-state index in [9.17, 15) is 15.0 Å². The third-order valence-electron chi connectivity index (χ3n) is 4.35. The minimum absolute atomic E-state index is 0.172.